The fourth-order valence-corrected chi connectivity index (χ4v) is 2.69. The zero-order valence-electron chi connectivity index (χ0n) is 13.7. The van der Waals surface area contributed by atoms with Gasteiger partial charge in [-0.2, -0.15) is 0 Å². The smallest absolute Gasteiger partial charge is 0.244 e. The molecule has 1 aromatic carbocycles. The van der Waals surface area contributed by atoms with Gasteiger partial charge >= 0.3 is 0 Å². The van der Waals surface area contributed by atoms with Crippen molar-refractivity contribution >= 4 is 23.0 Å². The molecule has 0 bridgehead atoms. The highest BCUT2D eigenvalue weighted by molar-refractivity contribution is 5.91. The number of nitrogens with one attached hydrogen (secondary N) is 1. The van der Waals surface area contributed by atoms with Gasteiger partial charge in [-0.3, -0.25) is 4.79 Å². The highest BCUT2D eigenvalue weighted by Gasteiger charge is 2.09. The molecule has 0 aliphatic rings. The SMILES string of the molecule is CCCn1c(CCNC(=O)/C=C/c2ccco2)nc2ccccc21. The number of aryl methyl sites for hydroxylation is 1. The van der Waals surface area contributed by atoms with Crippen molar-refractivity contribution in [3.8, 4) is 0 Å². The van der Waals surface area contributed by atoms with Crippen LogP contribution in [-0.2, 0) is 17.8 Å². The van der Waals surface area contributed by atoms with E-state index in [4.69, 9.17) is 9.40 Å². The van der Waals surface area contributed by atoms with Gasteiger partial charge in [0.05, 0.1) is 17.3 Å². The van der Waals surface area contributed by atoms with Gasteiger partial charge in [-0.05, 0) is 36.8 Å². The minimum Gasteiger partial charge on any atom is -0.465 e. The summed E-state index contributed by atoms with van der Waals surface area (Å²) in [5.74, 6) is 1.54. The molecule has 0 unspecified atom stereocenters. The van der Waals surface area contributed by atoms with Gasteiger partial charge in [0.1, 0.15) is 11.6 Å². The van der Waals surface area contributed by atoms with E-state index in [-0.39, 0.29) is 5.91 Å². The third-order valence-corrected chi connectivity index (χ3v) is 3.77. The Morgan fingerprint density at radius 1 is 1.29 bits per heavy atom. The summed E-state index contributed by atoms with van der Waals surface area (Å²) in [6.07, 6.45) is 6.46. The molecule has 5 heteroatoms. The van der Waals surface area contributed by atoms with Crippen LogP contribution in [-0.4, -0.2) is 22.0 Å². The standard InChI is InChI=1S/C19H21N3O2/c1-2-13-22-17-8-4-3-7-16(17)21-18(22)11-12-20-19(23)10-9-15-6-5-14-24-15/h3-10,14H,2,11-13H2,1H3,(H,20,23)/b10-9+. The van der Waals surface area contributed by atoms with Crippen molar-refractivity contribution in [2.75, 3.05) is 6.54 Å². The number of hydrogen-bond donors (Lipinski definition) is 1. The van der Waals surface area contributed by atoms with E-state index in [1.807, 2.05) is 18.2 Å². The van der Waals surface area contributed by atoms with Crippen LogP contribution in [0.15, 0.2) is 53.2 Å². The molecule has 2 aromatic heterocycles. The molecule has 24 heavy (non-hydrogen) atoms. The third-order valence-electron chi connectivity index (χ3n) is 3.77. The summed E-state index contributed by atoms with van der Waals surface area (Å²) in [4.78, 5) is 16.5. The van der Waals surface area contributed by atoms with Crippen LogP contribution in [0.25, 0.3) is 17.1 Å². The average molecular weight is 323 g/mol. The number of para-hydroxylation sites is 2. The summed E-state index contributed by atoms with van der Waals surface area (Å²) < 4.78 is 7.39. The topological polar surface area (TPSA) is 60.1 Å². The van der Waals surface area contributed by atoms with E-state index in [0.717, 1.165) is 29.8 Å². The second-order valence-electron chi connectivity index (χ2n) is 5.56. The van der Waals surface area contributed by atoms with Gasteiger partial charge in [-0.1, -0.05) is 19.1 Å². The zero-order valence-corrected chi connectivity index (χ0v) is 13.7. The van der Waals surface area contributed by atoms with Gasteiger partial charge in [0.25, 0.3) is 0 Å². The molecule has 2 heterocycles. The Labute approximate surface area is 141 Å². The maximum atomic E-state index is 11.8. The third kappa shape index (κ3) is 3.74. The van der Waals surface area contributed by atoms with Gasteiger partial charge < -0.3 is 14.3 Å². The maximum absolute atomic E-state index is 11.8. The number of carbonyl (C=O) groups is 1. The number of hydrogen-bond acceptors (Lipinski definition) is 3. The monoisotopic (exact) mass is 323 g/mol. The number of furan rings is 1. The fraction of sp³-hybridized carbons (Fsp3) is 0.263. The Morgan fingerprint density at radius 2 is 2.17 bits per heavy atom. The first-order valence-corrected chi connectivity index (χ1v) is 8.21. The Balaban J connectivity index is 1.61. The number of carbonyl (C=O) groups excluding carboxylic acids is 1. The second-order valence-corrected chi connectivity index (χ2v) is 5.56. The zero-order chi connectivity index (χ0) is 16.8. The van der Waals surface area contributed by atoms with Gasteiger partial charge in [0.2, 0.25) is 5.91 Å². The first kappa shape index (κ1) is 16.1. The molecule has 5 nitrogen and oxygen atoms in total. The molecule has 0 fully saturated rings. The highest BCUT2D eigenvalue weighted by Crippen LogP contribution is 2.16. The number of benzene rings is 1. The lowest BCUT2D eigenvalue weighted by molar-refractivity contribution is -0.116. The van der Waals surface area contributed by atoms with Crippen LogP contribution in [0.5, 0.6) is 0 Å². The molecule has 0 aliphatic heterocycles. The molecular formula is C19H21N3O2. The summed E-state index contributed by atoms with van der Waals surface area (Å²) in [7, 11) is 0. The van der Waals surface area contributed by atoms with E-state index in [9.17, 15) is 4.79 Å². The predicted octanol–water partition coefficient (Wildman–Crippen LogP) is 3.41. The van der Waals surface area contributed by atoms with Gasteiger partial charge in [-0.25, -0.2) is 4.98 Å². The van der Waals surface area contributed by atoms with E-state index < -0.39 is 0 Å². The van der Waals surface area contributed by atoms with Crippen molar-refractivity contribution in [3.63, 3.8) is 0 Å². The normalized spacial score (nSPS) is 11.4. The molecule has 0 saturated carbocycles. The summed E-state index contributed by atoms with van der Waals surface area (Å²) in [5, 5.41) is 2.89. The van der Waals surface area contributed by atoms with Crippen molar-refractivity contribution < 1.29 is 9.21 Å². The van der Waals surface area contributed by atoms with E-state index in [0.29, 0.717) is 18.7 Å². The quantitative estimate of drug-likeness (QED) is 0.678. The number of amides is 1. The van der Waals surface area contributed by atoms with Crippen LogP contribution < -0.4 is 5.32 Å². The van der Waals surface area contributed by atoms with Crippen molar-refractivity contribution in [3.05, 3.63) is 60.3 Å². The Morgan fingerprint density at radius 3 is 2.96 bits per heavy atom. The van der Waals surface area contributed by atoms with Crippen molar-refractivity contribution in [2.24, 2.45) is 0 Å². The number of rotatable bonds is 7. The minimum atomic E-state index is -0.135. The van der Waals surface area contributed by atoms with Gasteiger partial charge in [0, 0.05) is 25.6 Å². The number of fused-ring (bicyclic) bond motifs is 1. The summed E-state index contributed by atoms with van der Waals surface area (Å²) >= 11 is 0. The average Bonchev–Trinajstić information content (AvgIpc) is 3.22. The Bertz CT molecular complexity index is 832. The van der Waals surface area contributed by atoms with Gasteiger partial charge in [0.15, 0.2) is 0 Å². The first-order valence-electron chi connectivity index (χ1n) is 8.21. The van der Waals surface area contributed by atoms with Crippen molar-refractivity contribution in [1.82, 2.24) is 14.9 Å². The molecule has 3 aromatic rings. The number of imidazole rings is 1. The van der Waals surface area contributed by atoms with Crippen LogP contribution in [0.3, 0.4) is 0 Å². The second kappa shape index (κ2) is 7.64. The van der Waals surface area contributed by atoms with E-state index >= 15 is 0 Å². The lowest BCUT2D eigenvalue weighted by atomic mass is 10.3. The largest absolute Gasteiger partial charge is 0.465 e. The van der Waals surface area contributed by atoms with Crippen LogP contribution in [0.2, 0.25) is 0 Å². The lowest BCUT2D eigenvalue weighted by Gasteiger charge is -2.08. The van der Waals surface area contributed by atoms with Gasteiger partial charge in [-0.15, -0.1) is 0 Å². The molecule has 0 saturated heterocycles. The summed E-state index contributed by atoms with van der Waals surface area (Å²) in [6, 6.07) is 11.7. The fourth-order valence-electron chi connectivity index (χ4n) is 2.69. The number of nitrogens with zero attached hydrogens (tertiary/aromatic N) is 2. The molecule has 1 amide bonds. The Kier molecular flexibility index (Phi) is 5.11. The molecule has 0 spiro atoms. The molecule has 0 radical (unpaired) electrons. The van der Waals surface area contributed by atoms with Crippen molar-refractivity contribution in [1.29, 1.82) is 0 Å². The van der Waals surface area contributed by atoms with Crippen LogP contribution in [0.4, 0.5) is 0 Å². The van der Waals surface area contributed by atoms with Crippen molar-refractivity contribution in [2.45, 2.75) is 26.3 Å². The Hall–Kier alpha value is -2.82. The molecule has 3 rings (SSSR count). The summed E-state index contributed by atoms with van der Waals surface area (Å²) in [6.45, 7) is 3.64. The first-order chi connectivity index (χ1) is 11.8. The molecular weight excluding hydrogens is 302 g/mol. The molecule has 124 valence electrons. The highest BCUT2D eigenvalue weighted by atomic mass is 16.3. The minimum absolute atomic E-state index is 0.135. The van der Waals surface area contributed by atoms with E-state index in [1.54, 1.807) is 24.5 Å². The molecule has 0 aliphatic carbocycles. The predicted molar refractivity (Wildman–Crippen MR) is 94.5 cm³/mol. The van der Waals surface area contributed by atoms with Crippen LogP contribution >= 0.6 is 0 Å². The summed E-state index contributed by atoms with van der Waals surface area (Å²) in [5.41, 5.74) is 2.16. The number of aromatic nitrogens is 2. The van der Waals surface area contributed by atoms with E-state index in [2.05, 4.69) is 22.9 Å². The van der Waals surface area contributed by atoms with E-state index in [1.165, 1.54) is 6.08 Å². The maximum Gasteiger partial charge on any atom is 0.244 e. The lowest BCUT2D eigenvalue weighted by Crippen LogP contribution is -2.24. The molecule has 1 N–H and O–H groups in total. The van der Waals surface area contributed by atoms with Crippen LogP contribution in [0.1, 0.15) is 24.9 Å². The molecule has 0 atom stereocenters. The van der Waals surface area contributed by atoms with Crippen LogP contribution in [0, 0.1) is 0 Å².